The van der Waals surface area contributed by atoms with Gasteiger partial charge in [-0.25, -0.2) is 4.99 Å². The normalized spacial score (nSPS) is 17.4. The number of methoxy groups -OCH3 is 1. The summed E-state index contributed by atoms with van der Waals surface area (Å²) in [5.74, 6) is 2.69. The average molecular weight is 415 g/mol. The van der Waals surface area contributed by atoms with Crippen LogP contribution < -0.4 is 14.2 Å². The van der Waals surface area contributed by atoms with Gasteiger partial charge in [-0.15, -0.1) is 0 Å². The van der Waals surface area contributed by atoms with Crippen LogP contribution in [0.15, 0.2) is 53.5 Å². The molecule has 1 saturated heterocycles. The Balaban J connectivity index is 1.74. The van der Waals surface area contributed by atoms with Crippen molar-refractivity contribution >= 4 is 28.5 Å². The number of amides is 1. The zero-order valence-corrected chi connectivity index (χ0v) is 17.8. The van der Waals surface area contributed by atoms with Gasteiger partial charge in [-0.2, -0.15) is 0 Å². The van der Waals surface area contributed by atoms with Gasteiger partial charge in [0.05, 0.1) is 19.4 Å². The Morgan fingerprint density at radius 2 is 1.79 bits per heavy atom. The molecule has 1 heterocycles. The fraction of sp³-hybridized carbons (Fsp3) is 0.364. The third-order valence-corrected chi connectivity index (χ3v) is 5.61. The molecule has 6 nitrogen and oxygen atoms in total. The minimum Gasteiger partial charge on any atom is -0.497 e. The maximum Gasteiger partial charge on any atom is 0.266 e. The molecule has 0 bridgehead atoms. The van der Waals surface area contributed by atoms with Crippen LogP contribution >= 0.6 is 11.8 Å². The second-order valence-corrected chi connectivity index (χ2v) is 7.38. The maximum atomic E-state index is 13.0. The van der Waals surface area contributed by atoms with E-state index in [1.807, 2.05) is 49.4 Å². The number of hydrogen-bond acceptors (Lipinski definition) is 6. The minimum atomic E-state index is -0.111. The minimum absolute atomic E-state index is 0.0667. The highest BCUT2D eigenvalue weighted by molar-refractivity contribution is 8.14. The summed E-state index contributed by atoms with van der Waals surface area (Å²) in [6.45, 7) is 4.46. The summed E-state index contributed by atoms with van der Waals surface area (Å²) >= 11 is 1.59. The molecule has 0 saturated carbocycles. The summed E-state index contributed by atoms with van der Waals surface area (Å²) in [6, 6.07) is 15.0. The number of amidine groups is 1. The van der Waals surface area contributed by atoms with Crippen LogP contribution in [0, 0.1) is 0 Å². The molecule has 7 heteroatoms. The van der Waals surface area contributed by atoms with Crippen LogP contribution in [-0.4, -0.2) is 48.1 Å². The van der Waals surface area contributed by atoms with Gasteiger partial charge in [0.1, 0.15) is 5.75 Å². The fourth-order valence-electron chi connectivity index (χ4n) is 2.99. The summed E-state index contributed by atoms with van der Waals surface area (Å²) < 4.78 is 16.5. The van der Waals surface area contributed by atoms with E-state index < -0.39 is 0 Å². The first-order chi connectivity index (χ1) is 14.2. The van der Waals surface area contributed by atoms with Crippen molar-refractivity contribution in [2.75, 3.05) is 26.1 Å². The van der Waals surface area contributed by atoms with Gasteiger partial charge in [-0.05, 0) is 49.7 Å². The topological polar surface area (TPSA) is 60.4 Å². The zero-order valence-electron chi connectivity index (χ0n) is 17.0. The highest BCUT2D eigenvalue weighted by atomic mass is 32.2. The molecule has 0 aliphatic carbocycles. The van der Waals surface area contributed by atoms with E-state index in [9.17, 15) is 4.79 Å². The number of hydrogen-bond donors (Lipinski definition) is 0. The summed E-state index contributed by atoms with van der Waals surface area (Å²) in [6.07, 6.45) is 0.857. The summed E-state index contributed by atoms with van der Waals surface area (Å²) in [7, 11) is 1.63. The number of carbonyl (C=O) groups is 1. The third-order valence-electron chi connectivity index (χ3n) is 4.51. The summed E-state index contributed by atoms with van der Waals surface area (Å²) in [4.78, 5) is 19.5. The third kappa shape index (κ3) is 5.23. The molecule has 1 aliphatic heterocycles. The van der Waals surface area contributed by atoms with Gasteiger partial charge >= 0.3 is 0 Å². The number of rotatable bonds is 8. The molecule has 0 spiro atoms. The van der Waals surface area contributed by atoms with Crippen LogP contribution in [0.3, 0.4) is 0 Å². The van der Waals surface area contributed by atoms with E-state index in [4.69, 9.17) is 14.2 Å². The zero-order chi connectivity index (χ0) is 20.6. The number of aliphatic imine (C=N–C) groups is 1. The SMILES string of the molecule is CCOc1ccccc1OCC(=O)N1C(=Nc2ccc(OC)cc2)SC[C@H]1CC. The molecule has 2 aromatic carbocycles. The lowest BCUT2D eigenvalue weighted by molar-refractivity contribution is -0.130. The Labute approximate surface area is 175 Å². The molecule has 0 radical (unpaired) electrons. The highest BCUT2D eigenvalue weighted by Crippen LogP contribution is 2.30. The average Bonchev–Trinajstić information content (AvgIpc) is 3.16. The van der Waals surface area contributed by atoms with Gasteiger partial charge in [0.2, 0.25) is 0 Å². The molecular weight excluding hydrogens is 388 g/mol. The van der Waals surface area contributed by atoms with Crippen LogP contribution in [0.1, 0.15) is 20.3 Å². The molecule has 1 amide bonds. The van der Waals surface area contributed by atoms with Crippen molar-refractivity contribution in [1.82, 2.24) is 4.90 Å². The van der Waals surface area contributed by atoms with E-state index in [2.05, 4.69) is 11.9 Å². The Bertz CT molecular complexity index is 854. The monoisotopic (exact) mass is 414 g/mol. The predicted molar refractivity (Wildman–Crippen MR) is 117 cm³/mol. The van der Waals surface area contributed by atoms with Crippen LogP contribution in [0.2, 0.25) is 0 Å². The van der Waals surface area contributed by atoms with Crippen molar-refractivity contribution in [2.45, 2.75) is 26.3 Å². The Hall–Kier alpha value is -2.67. The lowest BCUT2D eigenvalue weighted by Crippen LogP contribution is -2.41. The Morgan fingerprint density at radius 3 is 2.41 bits per heavy atom. The van der Waals surface area contributed by atoms with E-state index in [0.29, 0.717) is 23.3 Å². The largest absolute Gasteiger partial charge is 0.497 e. The highest BCUT2D eigenvalue weighted by Gasteiger charge is 2.34. The van der Waals surface area contributed by atoms with Crippen molar-refractivity contribution in [2.24, 2.45) is 4.99 Å². The first-order valence-electron chi connectivity index (χ1n) is 9.68. The maximum absolute atomic E-state index is 13.0. The van der Waals surface area contributed by atoms with E-state index >= 15 is 0 Å². The smallest absolute Gasteiger partial charge is 0.266 e. The van der Waals surface area contributed by atoms with E-state index in [1.165, 1.54) is 0 Å². The van der Waals surface area contributed by atoms with Crippen LogP contribution in [0.4, 0.5) is 5.69 Å². The molecule has 29 heavy (non-hydrogen) atoms. The molecular formula is C22H26N2O4S. The standard InChI is InChI=1S/C22H26N2O4S/c1-4-17-15-29-22(23-16-10-12-18(26-3)13-11-16)24(17)21(25)14-28-20-9-7-6-8-19(20)27-5-2/h6-13,17H,4-5,14-15H2,1-3H3/t17-/m1/s1. The molecule has 0 N–H and O–H groups in total. The van der Waals surface area contributed by atoms with E-state index in [1.54, 1.807) is 29.8 Å². The van der Waals surface area contributed by atoms with E-state index in [0.717, 1.165) is 23.6 Å². The molecule has 3 rings (SSSR count). The van der Waals surface area contributed by atoms with Crippen LogP contribution in [-0.2, 0) is 4.79 Å². The molecule has 2 aromatic rings. The number of nitrogens with zero attached hydrogens (tertiary/aromatic N) is 2. The van der Waals surface area contributed by atoms with Crippen molar-refractivity contribution in [3.05, 3.63) is 48.5 Å². The van der Waals surface area contributed by atoms with Crippen molar-refractivity contribution in [3.8, 4) is 17.2 Å². The Morgan fingerprint density at radius 1 is 1.10 bits per heavy atom. The lowest BCUT2D eigenvalue weighted by Gasteiger charge is -2.23. The predicted octanol–water partition coefficient (Wildman–Crippen LogP) is 4.51. The van der Waals surface area contributed by atoms with Gasteiger partial charge < -0.3 is 14.2 Å². The van der Waals surface area contributed by atoms with Crippen molar-refractivity contribution < 1.29 is 19.0 Å². The van der Waals surface area contributed by atoms with Crippen molar-refractivity contribution in [1.29, 1.82) is 0 Å². The second kappa shape index (κ2) is 10.2. The van der Waals surface area contributed by atoms with Gasteiger partial charge in [0.25, 0.3) is 5.91 Å². The van der Waals surface area contributed by atoms with Gasteiger partial charge in [-0.3, -0.25) is 9.69 Å². The van der Waals surface area contributed by atoms with Gasteiger partial charge in [0.15, 0.2) is 23.3 Å². The first-order valence-corrected chi connectivity index (χ1v) is 10.7. The summed E-state index contributed by atoms with van der Waals surface area (Å²) in [5, 5.41) is 0.703. The number of para-hydroxylation sites is 2. The molecule has 1 fully saturated rings. The number of carbonyl (C=O) groups excluding carboxylic acids is 1. The molecule has 0 unspecified atom stereocenters. The molecule has 0 aromatic heterocycles. The second-order valence-electron chi connectivity index (χ2n) is 6.40. The van der Waals surface area contributed by atoms with Gasteiger partial charge in [0, 0.05) is 11.8 Å². The van der Waals surface area contributed by atoms with Crippen LogP contribution in [0.5, 0.6) is 17.2 Å². The number of ether oxygens (including phenoxy) is 3. The quantitative estimate of drug-likeness (QED) is 0.636. The van der Waals surface area contributed by atoms with E-state index in [-0.39, 0.29) is 18.6 Å². The van der Waals surface area contributed by atoms with Crippen LogP contribution in [0.25, 0.3) is 0 Å². The lowest BCUT2D eigenvalue weighted by atomic mass is 10.2. The molecule has 1 aliphatic rings. The summed E-state index contributed by atoms with van der Waals surface area (Å²) in [5.41, 5.74) is 0.783. The van der Waals surface area contributed by atoms with Crippen molar-refractivity contribution in [3.63, 3.8) is 0 Å². The van der Waals surface area contributed by atoms with Gasteiger partial charge in [-0.1, -0.05) is 30.8 Å². The first kappa shape index (κ1) is 21.0. The number of benzene rings is 2. The molecule has 1 atom stereocenters. The number of thioether (sulfide) groups is 1. The molecule has 154 valence electrons. The Kier molecular flexibility index (Phi) is 7.41. The fourth-order valence-corrected chi connectivity index (χ4v) is 4.27.